The third-order valence-electron chi connectivity index (χ3n) is 10.5. The van der Waals surface area contributed by atoms with Gasteiger partial charge in [0.25, 0.3) is 23.8 Å². The van der Waals surface area contributed by atoms with E-state index in [2.05, 4.69) is 50.0 Å². The van der Waals surface area contributed by atoms with Gasteiger partial charge in [0.05, 0.1) is 30.5 Å². The highest BCUT2D eigenvalue weighted by atomic mass is 16.8. The number of methoxy groups -OCH3 is 2. The zero-order valence-electron chi connectivity index (χ0n) is 39.4. The molecule has 0 amide bonds. The molecule has 0 aromatic rings. The van der Waals surface area contributed by atoms with Crippen LogP contribution in [0.4, 0.5) is 28.8 Å². The summed E-state index contributed by atoms with van der Waals surface area (Å²) in [6, 6.07) is 0. The number of rotatable bonds is 15. The van der Waals surface area contributed by atoms with E-state index in [4.69, 9.17) is 71.1 Å². The minimum absolute atomic E-state index is 0.00118. The van der Waals surface area contributed by atoms with Crippen LogP contribution in [-0.4, -0.2) is 169 Å². The van der Waals surface area contributed by atoms with Crippen molar-refractivity contribution in [3.63, 3.8) is 0 Å². The van der Waals surface area contributed by atoms with E-state index in [1.54, 1.807) is 0 Å². The molecule has 0 bridgehead atoms. The molecule has 3 unspecified atom stereocenters. The maximum atomic E-state index is 11.9. The van der Waals surface area contributed by atoms with E-state index in [9.17, 15) is 28.8 Å². The van der Waals surface area contributed by atoms with Crippen LogP contribution in [0.15, 0.2) is 50.1 Å². The average Bonchev–Trinajstić information content (AvgIpc) is 4.12. The lowest BCUT2D eigenvalue weighted by Gasteiger charge is -2.36. The molecule has 6 saturated heterocycles. The molecule has 0 N–H and O–H groups in total. The lowest BCUT2D eigenvalue weighted by atomic mass is 9.87. The molecule has 69 heavy (non-hydrogen) atoms. The first-order valence-corrected chi connectivity index (χ1v) is 21.4. The topological polar surface area (TPSA) is 287 Å². The fraction of sp³-hybridized carbons (Fsp3) is 0.674. The van der Waals surface area contributed by atoms with E-state index in [1.807, 2.05) is 20.8 Å². The Labute approximate surface area is 398 Å². The van der Waals surface area contributed by atoms with Crippen LogP contribution < -0.4 is 0 Å². The standard InChI is InChI=1S/C16H24O8.C10H12O8.C10H16O5.C7H10O5/c1-4-15(6-19-12(3)20-7-15)8-21-13(17)22-9-16(5-2)10-23-14(18)24-11-16;1-6-13-2-7(17-6)3-14-9(11)15-4-8-5-16-10(12)18-8;1-4-10(7-15-9(11)12-3)5-13-8(2)14-6-10;1-5-10-3-6(12-5)4-11-7(8)9-2/h3-11H2,1-2H3;7-8H,1-5H2;2,4-7H2,1,3H3;6H,1,3-4H2,2H3. The van der Waals surface area contributed by atoms with Gasteiger partial charge in [-0.3, -0.25) is 0 Å². The Morgan fingerprint density at radius 3 is 1.09 bits per heavy atom. The Hall–Kier alpha value is -7.02. The van der Waals surface area contributed by atoms with Gasteiger partial charge in [-0.05, 0) is 45.6 Å². The molecule has 6 aliphatic heterocycles. The van der Waals surface area contributed by atoms with Crippen LogP contribution in [0.25, 0.3) is 0 Å². The van der Waals surface area contributed by atoms with Crippen LogP contribution in [0.3, 0.4) is 0 Å². The Morgan fingerprint density at radius 1 is 0.435 bits per heavy atom. The number of carbonyl (C=O) groups is 6. The number of carbonyl (C=O) groups excluding carboxylic acids is 6. The molecule has 3 atom stereocenters. The summed E-state index contributed by atoms with van der Waals surface area (Å²) in [4.78, 5) is 65.9. The number of ether oxygens (including phenoxy) is 20. The smallest absolute Gasteiger partial charge is 0.465 e. The van der Waals surface area contributed by atoms with E-state index >= 15 is 0 Å². The number of cyclic esters (lactones) is 4. The molecule has 0 aliphatic carbocycles. The summed E-state index contributed by atoms with van der Waals surface area (Å²) < 4.78 is 97.9. The maximum absolute atomic E-state index is 11.9. The van der Waals surface area contributed by atoms with Crippen molar-refractivity contribution in [2.45, 2.75) is 58.3 Å². The van der Waals surface area contributed by atoms with Gasteiger partial charge in [-0.1, -0.05) is 20.8 Å². The minimum Gasteiger partial charge on any atom is -0.465 e. The summed E-state index contributed by atoms with van der Waals surface area (Å²) in [5, 5.41) is 0. The Kier molecular flexibility index (Phi) is 23.1. The molecule has 6 heterocycles. The fourth-order valence-electron chi connectivity index (χ4n) is 5.59. The third-order valence-corrected chi connectivity index (χ3v) is 10.5. The summed E-state index contributed by atoms with van der Waals surface area (Å²) in [5.41, 5.74) is -1.24. The lowest BCUT2D eigenvalue weighted by molar-refractivity contribution is -0.126. The Balaban J connectivity index is 0.000000251. The molecule has 6 rings (SSSR count). The van der Waals surface area contributed by atoms with Gasteiger partial charge >= 0.3 is 36.9 Å². The molecule has 0 spiro atoms. The summed E-state index contributed by atoms with van der Waals surface area (Å²) in [6.45, 7) is 22.9. The first kappa shape index (κ1) is 56.3. The molecule has 0 saturated carbocycles. The van der Waals surface area contributed by atoms with Crippen LogP contribution >= 0.6 is 0 Å². The highest BCUT2D eigenvalue weighted by Gasteiger charge is 2.40. The summed E-state index contributed by atoms with van der Waals surface area (Å²) in [6.07, 6.45) is -3.63. The Bertz CT molecular complexity index is 1660. The van der Waals surface area contributed by atoms with Crippen LogP contribution in [0.1, 0.15) is 40.0 Å². The van der Waals surface area contributed by atoms with Gasteiger partial charge < -0.3 is 94.7 Å². The molecule has 6 aliphatic rings. The zero-order chi connectivity index (χ0) is 50.9. The molecule has 0 radical (unpaired) electrons. The van der Waals surface area contributed by atoms with Crippen molar-refractivity contribution in [1.82, 2.24) is 0 Å². The van der Waals surface area contributed by atoms with Crippen molar-refractivity contribution >= 4 is 36.9 Å². The SMILES string of the molecule is C=C1OCC(CC)(COC(=O)OC)CO1.C=C1OCC(CC)(COC(=O)OCC2(CC)COC(=O)OC2)CO1.C=C1OCC(COC(=O)OC)O1.C=C1OCC(COC(=O)OCC2COC(=O)O2)O1. The second-order valence-corrected chi connectivity index (χ2v) is 15.6. The molecule has 390 valence electrons. The highest BCUT2D eigenvalue weighted by molar-refractivity contribution is 5.63. The molecule has 6 fully saturated rings. The lowest BCUT2D eigenvalue weighted by Crippen LogP contribution is -2.43. The minimum atomic E-state index is -0.876. The van der Waals surface area contributed by atoms with Gasteiger partial charge in [0.15, 0.2) is 18.3 Å². The van der Waals surface area contributed by atoms with Gasteiger partial charge in [0.1, 0.15) is 99.1 Å². The molecule has 0 aromatic heterocycles. The largest absolute Gasteiger partial charge is 0.508 e. The van der Waals surface area contributed by atoms with Gasteiger partial charge in [0.2, 0.25) is 0 Å². The maximum Gasteiger partial charge on any atom is 0.508 e. The third kappa shape index (κ3) is 20.4. The molecular formula is C43H62O26. The van der Waals surface area contributed by atoms with Gasteiger partial charge in [-0.25, -0.2) is 28.8 Å². The van der Waals surface area contributed by atoms with Crippen molar-refractivity contribution in [3.8, 4) is 0 Å². The van der Waals surface area contributed by atoms with Crippen molar-refractivity contribution in [1.29, 1.82) is 0 Å². The molecule has 26 heteroatoms. The monoisotopic (exact) mass is 994 g/mol. The van der Waals surface area contributed by atoms with Crippen LogP contribution in [0.5, 0.6) is 0 Å². The van der Waals surface area contributed by atoms with Crippen molar-refractivity contribution < 1.29 is 124 Å². The molecule has 0 aromatic carbocycles. The van der Waals surface area contributed by atoms with Crippen LogP contribution in [0.2, 0.25) is 0 Å². The predicted molar refractivity (Wildman–Crippen MR) is 225 cm³/mol. The number of hydrogen-bond donors (Lipinski definition) is 0. The quantitative estimate of drug-likeness (QED) is 0.144. The van der Waals surface area contributed by atoms with E-state index in [0.717, 1.165) is 12.8 Å². The predicted octanol–water partition coefficient (Wildman–Crippen LogP) is 5.52. The van der Waals surface area contributed by atoms with Crippen molar-refractivity contribution in [2.24, 2.45) is 16.2 Å². The normalized spacial score (nSPS) is 22.0. The zero-order valence-corrected chi connectivity index (χ0v) is 39.4. The van der Waals surface area contributed by atoms with Crippen molar-refractivity contribution in [2.75, 3.05) is 113 Å². The second kappa shape index (κ2) is 28.3. The van der Waals surface area contributed by atoms with Gasteiger partial charge in [0, 0.05) is 0 Å². The second-order valence-electron chi connectivity index (χ2n) is 15.6. The van der Waals surface area contributed by atoms with E-state index in [0.29, 0.717) is 45.4 Å². The fourth-order valence-corrected chi connectivity index (χ4v) is 5.59. The van der Waals surface area contributed by atoms with E-state index < -0.39 is 53.9 Å². The van der Waals surface area contributed by atoms with E-state index in [-0.39, 0.29) is 102 Å². The summed E-state index contributed by atoms with van der Waals surface area (Å²) in [7, 11) is 2.52. The van der Waals surface area contributed by atoms with Gasteiger partial charge in [-0.2, -0.15) is 0 Å². The van der Waals surface area contributed by atoms with Gasteiger partial charge in [-0.15, -0.1) is 0 Å². The van der Waals surface area contributed by atoms with Crippen LogP contribution in [0, 0.1) is 16.2 Å². The van der Waals surface area contributed by atoms with Crippen molar-refractivity contribution in [3.05, 3.63) is 50.1 Å². The first-order valence-electron chi connectivity index (χ1n) is 21.4. The first-order chi connectivity index (χ1) is 32.9. The summed E-state index contributed by atoms with van der Waals surface area (Å²) >= 11 is 0. The average molecular weight is 995 g/mol. The van der Waals surface area contributed by atoms with E-state index in [1.165, 1.54) is 14.2 Å². The molecular weight excluding hydrogens is 932 g/mol. The highest BCUT2D eigenvalue weighted by Crippen LogP contribution is 2.32. The van der Waals surface area contributed by atoms with Crippen LogP contribution in [-0.2, 0) is 94.7 Å². The summed E-state index contributed by atoms with van der Waals surface area (Å²) in [5.74, 6) is 1.05. The Morgan fingerprint density at radius 2 is 0.754 bits per heavy atom. The molecule has 26 nitrogen and oxygen atoms in total. The number of hydrogen-bond acceptors (Lipinski definition) is 26.